The van der Waals surface area contributed by atoms with Crippen molar-refractivity contribution in [3.63, 3.8) is 0 Å². The Morgan fingerprint density at radius 2 is 2.16 bits per heavy atom. The zero-order chi connectivity index (χ0) is 14.4. The number of aliphatic carboxylic acids is 1. The molecule has 0 radical (unpaired) electrons. The third-order valence-corrected chi connectivity index (χ3v) is 3.26. The molecule has 5 nitrogen and oxygen atoms in total. The molecule has 1 aromatic rings. The maximum Gasteiger partial charge on any atom is 0.305 e. The normalized spacial score (nSPS) is 12.2. The van der Waals surface area contributed by atoms with Crippen molar-refractivity contribution in [2.75, 3.05) is 0 Å². The highest BCUT2D eigenvalue weighted by molar-refractivity contribution is 9.10. The van der Waals surface area contributed by atoms with E-state index in [4.69, 9.17) is 5.11 Å². The number of hydrogen-bond acceptors (Lipinski definition) is 2. The summed E-state index contributed by atoms with van der Waals surface area (Å²) in [5.41, 5.74) is 0.542. The second-order valence-electron chi connectivity index (χ2n) is 4.39. The van der Waals surface area contributed by atoms with Gasteiger partial charge in [0.1, 0.15) is 5.69 Å². The number of hydrogen-bond donors (Lipinski definition) is 2. The van der Waals surface area contributed by atoms with Crippen LogP contribution in [-0.4, -0.2) is 27.6 Å². The fraction of sp³-hybridized carbons (Fsp3) is 0.538. The number of halogens is 1. The Morgan fingerprint density at radius 3 is 2.68 bits per heavy atom. The molecule has 1 unspecified atom stereocenters. The summed E-state index contributed by atoms with van der Waals surface area (Å²) in [6, 6.07) is 1.41. The lowest BCUT2D eigenvalue weighted by Gasteiger charge is -2.16. The van der Waals surface area contributed by atoms with Gasteiger partial charge in [0.2, 0.25) is 0 Å². The van der Waals surface area contributed by atoms with E-state index in [1.54, 1.807) is 6.07 Å². The van der Waals surface area contributed by atoms with E-state index < -0.39 is 5.97 Å². The number of aromatic nitrogens is 1. The van der Waals surface area contributed by atoms with E-state index >= 15 is 0 Å². The summed E-state index contributed by atoms with van der Waals surface area (Å²) in [6.45, 7) is 4.60. The average Bonchev–Trinajstić information content (AvgIpc) is 2.70. The van der Waals surface area contributed by atoms with Crippen LogP contribution >= 0.6 is 15.9 Å². The number of nitrogens with zero attached hydrogens (tertiary/aromatic N) is 1. The monoisotopic (exact) mass is 330 g/mol. The quantitative estimate of drug-likeness (QED) is 0.807. The van der Waals surface area contributed by atoms with Crippen molar-refractivity contribution in [1.29, 1.82) is 0 Å². The molecular weight excluding hydrogens is 312 g/mol. The van der Waals surface area contributed by atoms with Crippen LogP contribution in [0.1, 0.15) is 43.6 Å². The van der Waals surface area contributed by atoms with E-state index in [-0.39, 0.29) is 18.4 Å². The van der Waals surface area contributed by atoms with Gasteiger partial charge in [0, 0.05) is 23.3 Å². The van der Waals surface area contributed by atoms with Gasteiger partial charge in [0.15, 0.2) is 0 Å². The summed E-state index contributed by atoms with van der Waals surface area (Å²) < 4.78 is 2.66. The minimum atomic E-state index is -0.897. The summed E-state index contributed by atoms with van der Waals surface area (Å²) in [7, 11) is 0. The van der Waals surface area contributed by atoms with Crippen LogP contribution in [0.15, 0.2) is 16.7 Å². The van der Waals surface area contributed by atoms with Crippen molar-refractivity contribution < 1.29 is 14.7 Å². The Bertz CT molecular complexity index is 457. The minimum absolute atomic E-state index is 0.0480. The first-order valence-electron chi connectivity index (χ1n) is 6.36. The number of aryl methyl sites for hydroxylation is 1. The van der Waals surface area contributed by atoms with Crippen molar-refractivity contribution in [2.45, 2.75) is 45.7 Å². The van der Waals surface area contributed by atoms with Crippen LogP contribution in [0, 0.1) is 0 Å². The molecule has 1 heterocycles. The molecule has 1 amide bonds. The number of carboxylic acid groups (broad SMARTS) is 1. The Kier molecular flexibility index (Phi) is 6.08. The van der Waals surface area contributed by atoms with Crippen molar-refractivity contribution in [3.8, 4) is 0 Å². The first-order chi connectivity index (χ1) is 8.97. The fourth-order valence-electron chi connectivity index (χ4n) is 1.97. The molecule has 19 heavy (non-hydrogen) atoms. The first kappa shape index (κ1) is 15.8. The zero-order valence-corrected chi connectivity index (χ0v) is 12.7. The third-order valence-electron chi connectivity index (χ3n) is 2.83. The van der Waals surface area contributed by atoms with Gasteiger partial charge >= 0.3 is 5.97 Å². The molecule has 0 spiro atoms. The van der Waals surface area contributed by atoms with Gasteiger partial charge < -0.3 is 15.0 Å². The number of carbonyl (C=O) groups is 2. The highest BCUT2D eigenvalue weighted by atomic mass is 79.9. The smallest absolute Gasteiger partial charge is 0.305 e. The zero-order valence-electron chi connectivity index (χ0n) is 11.1. The summed E-state index contributed by atoms with van der Waals surface area (Å²) in [6.07, 6.45) is 3.28. The maximum absolute atomic E-state index is 12.2. The highest BCUT2D eigenvalue weighted by Crippen LogP contribution is 2.15. The Balaban J connectivity index is 2.77. The molecule has 106 valence electrons. The SMILES string of the molecule is CCCC(CC(=O)O)NC(=O)c1cc(Br)cn1CC. The van der Waals surface area contributed by atoms with Crippen LogP contribution in [0.3, 0.4) is 0 Å². The van der Waals surface area contributed by atoms with Crippen molar-refractivity contribution in [1.82, 2.24) is 9.88 Å². The van der Waals surface area contributed by atoms with Gasteiger partial charge in [-0.15, -0.1) is 0 Å². The van der Waals surface area contributed by atoms with Crippen LogP contribution in [0.25, 0.3) is 0 Å². The standard InChI is InChI=1S/C13H19BrN2O3/c1-3-5-10(7-12(17)18)15-13(19)11-6-9(14)8-16(11)4-2/h6,8,10H,3-5,7H2,1-2H3,(H,15,19)(H,17,18). The molecule has 1 aromatic heterocycles. The molecule has 0 saturated carbocycles. The summed E-state index contributed by atoms with van der Waals surface area (Å²) >= 11 is 3.33. The maximum atomic E-state index is 12.2. The largest absolute Gasteiger partial charge is 0.481 e. The van der Waals surface area contributed by atoms with Crippen molar-refractivity contribution >= 4 is 27.8 Å². The van der Waals surface area contributed by atoms with Gasteiger partial charge in [-0.3, -0.25) is 9.59 Å². The predicted molar refractivity (Wildman–Crippen MR) is 76.2 cm³/mol. The number of nitrogens with one attached hydrogen (secondary N) is 1. The van der Waals surface area contributed by atoms with Gasteiger partial charge in [0.05, 0.1) is 6.42 Å². The lowest BCUT2D eigenvalue weighted by atomic mass is 10.1. The molecule has 0 bridgehead atoms. The number of rotatable bonds is 7. The minimum Gasteiger partial charge on any atom is -0.481 e. The van der Waals surface area contributed by atoms with Gasteiger partial charge in [-0.25, -0.2) is 0 Å². The van der Waals surface area contributed by atoms with E-state index in [0.717, 1.165) is 10.9 Å². The van der Waals surface area contributed by atoms with Crippen molar-refractivity contribution in [3.05, 3.63) is 22.4 Å². The lowest BCUT2D eigenvalue weighted by Crippen LogP contribution is -2.37. The summed E-state index contributed by atoms with van der Waals surface area (Å²) in [5.74, 6) is -1.13. The molecule has 6 heteroatoms. The molecule has 0 aromatic carbocycles. The third kappa shape index (κ3) is 4.70. The summed E-state index contributed by atoms with van der Waals surface area (Å²) in [4.78, 5) is 22.9. The van der Waals surface area contributed by atoms with Gasteiger partial charge in [-0.1, -0.05) is 13.3 Å². The number of carboxylic acids is 1. The van der Waals surface area contributed by atoms with Crippen LogP contribution in [0.2, 0.25) is 0 Å². The van der Waals surface area contributed by atoms with Gasteiger partial charge in [-0.2, -0.15) is 0 Å². The van der Waals surface area contributed by atoms with Gasteiger partial charge in [0.25, 0.3) is 5.91 Å². The van der Waals surface area contributed by atoms with Gasteiger partial charge in [-0.05, 0) is 35.3 Å². The Morgan fingerprint density at radius 1 is 1.47 bits per heavy atom. The molecule has 2 N–H and O–H groups in total. The van der Waals surface area contributed by atoms with Crippen LogP contribution < -0.4 is 5.32 Å². The molecule has 0 aliphatic carbocycles. The lowest BCUT2D eigenvalue weighted by molar-refractivity contribution is -0.137. The van der Waals surface area contributed by atoms with E-state index in [2.05, 4.69) is 21.2 Å². The topological polar surface area (TPSA) is 71.3 Å². The van der Waals surface area contributed by atoms with E-state index in [1.165, 1.54) is 0 Å². The number of carbonyl (C=O) groups excluding carboxylic acids is 1. The molecule has 0 aliphatic heterocycles. The van der Waals surface area contributed by atoms with Crippen LogP contribution in [0.5, 0.6) is 0 Å². The van der Waals surface area contributed by atoms with E-state index in [9.17, 15) is 9.59 Å². The molecule has 1 rings (SSSR count). The molecule has 0 saturated heterocycles. The Hall–Kier alpha value is -1.30. The second kappa shape index (κ2) is 7.33. The highest BCUT2D eigenvalue weighted by Gasteiger charge is 2.18. The predicted octanol–water partition coefficient (Wildman–Crippen LogP) is 2.64. The molecule has 1 atom stereocenters. The second-order valence-corrected chi connectivity index (χ2v) is 5.30. The molecule has 0 fully saturated rings. The Labute approximate surface area is 121 Å². The fourth-order valence-corrected chi connectivity index (χ4v) is 2.43. The summed E-state index contributed by atoms with van der Waals surface area (Å²) in [5, 5.41) is 11.6. The number of amides is 1. The molecule has 0 aliphatic rings. The van der Waals surface area contributed by atoms with E-state index in [1.807, 2.05) is 24.6 Å². The van der Waals surface area contributed by atoms with E-state index in [0.29, 0.717) is 18.7 Å². The first-order valence-corrected chi connectivity index (χ1v) is 7.15. The average molecular weight is 331 g/mol. The van der Waals surface area contributed by atoms with Crippen LogP contribution in [-0.2, 0) is 11.3 Å². The molecular formula is C13H19BrN2O3. The van der Waals surface area contributed by atoms with Crippen LogP contribution in [0.4, 0.5) is 0 Å². The van der Waals surface area contributed by atoms with Crippen molar-refractivity contribution in [2.24, 2.45) is 0 Å².